The molecule has 2 fully saturated rings. The number of ketones is 1. The van der Waals surface area contributed by atoms with Crippen LogP contribution in [-0.4, -0.2) is 24.6 Å². The van der Waals surface area contributed by atoms with E-state index in [-0.39, 0.29) is 0 Å². The summed E-state index contributed by atoms with van der Waals surface area (Å²) in [6.07, 6.45) is 4.65. The molecule has 1 N–H and O–H groups in total. The summed E-state index contributed by atoms with van der Waals surface area (Å²) in [4.78, 5) is 17.7. The normalized spacial score (nSPS) is 27.1. The van der Waals surface area contributed by atoms with Crippen molar-refractivity contribution in [3.05, 3.63) is 57.3 Å². The smallest absolute Gasteiger partial charge is 0.163 e. The lowest BCUT2D eigenvalue weighted by molar-refractivity contribution is 0.0817. The first kappa shape index (κ1) is 16.4. The number of aliphatic imine (C=N–C) groups is 1. The van der Waals surface area contributed by atoms with E-state index in [2.05, 4.69) is 34.3 Å². The van der Waals surface area contributed by atoms with E-state index in [0.29, 0.717) is 24.7 Å². The Morgan fingerprint density at radius 3 is 3.00 bits per heavy atom. The van der Waals surface area contributed by atoms with Crippen molar-refractivity contribution in [1.29, 1.82) is 0 Å². The standard InChI is InChI=1S/C22H24N2OS/c25-21(10-18-11-23-7-5-14-1-3-19(14)18)15-2-4-20-17(9-15)12-24-22(20)16-6-8-26-13-16/h2,4,6,8-9,13-14,18-19,23H,1,3,5,7,10-12H2/t14?,18-,19?/m0/s1. The SMILES string of the molecule is O=C(C[C@H]1CNCCC2CCC21)c1ccc2c(c1)CN=C2c1ccsc1. The molecule has 1 saturated heterocycles. The van der Waals surface area contributed by atoms with Gasteiger partial charge in [0.25, 0.3) is 0 Å². The second-order valence-electron chi connectivity index (χ2n) is 7.93. The molecule has 3 atom stereocenters. The summed E-state index contributed by atoms with van der Waals surface area (Å²) in [6, 6.07) is 8.31. The Bertz CT molecular complexity index is 855. The Balaban J connectivity index is 1.33. The first-order valence-electron chi connectivity index (χ1n) is 9.74. The molecule has 1 aliphatic carbocycles. The number of fused-ring (bicyclic) bond motifs is 2. The number of nitrogens with one attached hydrogen (secondary N) is 1. The maximum absolute atomic E-state index is 12.9. The van der Waals surface area contributed by atoms with Crippen molar-refractivity contribution >= 4 is 22.8 Å². The molecule has 0 bridgehead atoms. The zero-order chi connectivity index (χ0) is 17.5. The van der Waals surface area contributed by atoms with Gasteiger partial charge in [0.15, 0.2) is 5.78 Å². The number of carbonyl (C=O) groups is 1. The lowest BCUT2D eigenvalue weighted by Gasteiger charge is -2.40. The maximum atomic E-state index is 12.9. The van der Waals surface area contributed by atoms with Gasteiger partial charge in [0, 0.05) is 28.5 Å². The fraction of sp³-hybridized carbons (Fsp3) is 0.455. The van der Waals surface area contributed by atoms with Gasteiger partial charge < -0.3 is 5.32 Å². The zero-order valence-corrected chi connectivity index (χ0v) is 15.7. The van der Waals surface area contributed by atoms with Gasteiger partial charge in [0.2, 0.25) is 0 Å². The van der Waals surface area contributed by atoms with Gasteiger partial charge in [-0.1, -0.05) is 12.1 Å². The molecule has 1 aromatic carbocycles. The van der Waals surface area contributed by atoms with E-state index >= 15 is 0 Å². The van der Waals surface area contributed by atoms with Crippen LogP contribution in [0.4, 0.5) is 0 Å². The molecule has 2 unspecified atom stereocenters. The van der Waals surface area contributed by atoms with Crippen molar-refractivity contribution < 1.29 is 4.79 Å². The average Bonchev–Trinajstić information content (AvgIpc) is 3.26. The summed E-state index contributed by atoms with van der Waals surface area (Å²) in [6.45, 7) is 2.81. The van der Waals surface area contributed by atoms with Crippen molar-refractivity contribution in [3.8, 4) is 0 Å². The molecule has 2 aliphatic heterocycles. The molecule has 4 heteroatoms. The minimum absolute atomic E-state index is 0.302. The largest absolute Gasteiger partial charge is 0.316 e. The second-order valence-corrected chi connectivity index (χ2v) is 8.71. The molecule has 5 rings (SSSR count). The summed E-state index contributed by atoms with van der Waals surface area (Å²) in [5.41, 5.74) is 5.51. The van der Waals surface area contributed by atoms with Gasteiger partial charge in [-0.25, -0.2) is 0 Å². The minimum Gasteiger partial charge on any atom is -0.316 e. The Kier molecular flexibility index (Phi) is 4.26. The van der Waals surface area contributed by atoms with Crippen LogP contribution in [-0.2, 0) is 6.54 Å². The van der Waals surface area contributed by atoms with Gasteiger partial charge in [-0.2, -0.15) is 11.3 Å². The molecule has 0 amide bonds. The third-order valence-corrected chi connectivity index (χ3v) is 7.20. The van der Waals surface area contributed by atoms with Crippen LogP contribution >= 0.6 is 11.3 Å². The lowest BCUT2D eigenvalue weighted by atomic mass is 9.65. The second kappa shape index (κ2) is 6.75. The van der Waals surface area contributed by atoms with E-state index in [0.717, 1.165) is 36.2 Å². The maximum Gasteiger partial charge on any atom is 0.163 e. The van der Waals surface area contributed by atoms with Gasteiger partial charge >= 0.3 is 0 Å². The van der Waals surface area contributed by atoms with E-state index in [4.69, 9.17) is 4.99 Å². The Morgan fingerprint density at radius 1 is 1.23 bits per heavy atom. The lowest BCUT2D eigenvalue weighted by Crippen LogP contribution is -2.34. The molecular weight excluding hydrogens is 340 g/mol. The molecule has 2 aromatic rings. The van der Waals surface area contributed by atoms with Crippen molar-refractivity contribution in [1.82, 2.24) is 5.32 Å². The summed E-state index contributed by atoms with van der Waals surface area (Å²) in [7, 11) is 0. The first-order chi connectivity index (χ1) is 12.8. The molecule has 3 aliphatic rings. The Labute approximate surface area is 158 Å². The van der Waals surface area contributed by atoms with Crippen LogP contribution in [0.15, 0.2) is 40.0 Å². The van der Waals surface area contributed by atoms with Gasteiger partial charge in [0.05, 0.1) is 12.3 Å². The van der Waals surface area contributed by atoms with Gasteiger partial charge in [-0.3, -0.25) is 9.79 Å². The van der Waals surface area contributed by atoms with Gasteiger partial charge in [-0.05, 0) is 73.2 Å². The van der Waals surface area contributed by atoms with Crippen LogP contribution in [0.2, 0.25) is 0 Å². The van der Waals surface area contributed by atoms with Gasteiger partial charge in [-0.15, -0.1) is 0 Å². The van der Waals surface area contributed by atoms with Crippen LogP contribution in [0.1, 0.15) is 52.7 Å². The molecule has 26 heavy (non-hydrogen) atoms. The monoisotopic (exact) mass is 364 g/mol. The highest BCUT2D eigenvalue weighted by atomic mass is 32.1. The Morgan fingerprint density at radius 2 is 2.19 bits per heavy atom. The third-order valence-electron chi connectivity index (χ3n) is 6.51. The zero-order valence-electron chi connectivity index (χ0n) is 14.9. The number of carbonyl (C=O) groups excluding carboxylic acids is 1. The molecular formula is C22H24N2OS. The number of hydrogen-bond donors (Lipinski definition) is 1. The highest BCUT2D eigenvalue weighted by Crippen LogP contribution is 2.44. The highest BCUT2D eigenvalue weighted by molar-refractivity contribution is 7.08. The molecule has 3 nitrogen and oxygen atoms in total. The van der Waals surface area contributed by atoms with Crippen LogP contribution in [0, 0.1) is 17.8 Å². The Hall–Kier alpha value is -1.78. The van der Waals surface area contributed by atoms with Crippen LogP contribution in [0.5, 0.6) is 0 Å². The van der Waals surface area contributed by atoms with Crippen molar-refractivity contribution in [2.45, 2.75) is 32.2 Å². The predicted octanol–water partition coefficient (Wildman–Crippen LogP) is 4.31. The number of benzene rings is 1. The van der Waals surface area contributed by atoms with Crippen molar-refractivity contribution in [2.75, 3.05) is 13.1 Å². The van der Waals surface area contributed by atoms with Gasteiger partial charge in [0.1, 0.15) is 0 Å². The number of rotatable bonds is 4. The fourth-order valence-electron chi connectivity index (χ4n) is 4.90. The molecule has 1 aromatic heterocycles. The molecule has 0 radical (unpaired) electrons. The molecule has 1 saturated carbocycles. The van der Waals surface area contributed by atoms with E-state index < -0.39 is 0 Å². The van der Waals surface area contributed by atoms with Crippen LogP contribution < -0.4 is 5.32 Å². The van der Waals surface area contributed by atoms with Crippen LogP contribution in [0.25, 0.3) is 0 Å². The quantitative estimate of drug-likeness (QED) is 0.822. The third kappa shape index (κ3) is 2.85. The highest BCUT2D eigenvalue weighted by Gasteiger charge is 2.38. The van der Waals surface area contributed by atoms with Crippen molar-refractivity contribution in [3.63, 3.8) is 0 Å². The minimum atomic E-state index is 0.302. The van der Waals surface area contributed by atoms with Crippen LogP contribution in [0.3, 0.4) is 0 Å². The number of hydrogen-bond acceptors (Lipinski definition) is 4. The predicted molar refractivity (Wildman–Crippen MR) is 106 cm³/mol. The molecule has 0 spiro atoms. The fourth-order valence-corrected chi connectivity index (χ4v) is 5.54. The molecule has 3 heterocycles. The van der Waals surface area contributed by atoms with E-state index in [1.807, 2.05) is 6.07 Å². The van der Waals surface area contributed by atoms with Crippen molar-refractivity contribution in [2.24, 2.45) is 22.7 Å². The topological polar surface area (TPSA) is 41.5 Å². The summed E-state index contributed by atoms with van der Waals surface area (Å²) in [5, 5.41) is 7.77. The summed E-state index contributed by atoms with van der Waals surface area (Å²) >= 11 is 1.70. The average molecular weight is 365 g/mol. The summed E-state index contributed by atoms with van der Waals surface area (Å²) in [5.74, 6) is 2.42. The van der Waals surface area contributed by atoms with E-state index in [1.165, 1.54) is 36.0 Å². The van der Waals surface area contributed by atoms with E-state index in [9.17, 15) is 4.79 Å². The number of nitrogens with zero attached hydrogens (tertiary/aromatic N) is 1. The van der Waals surface area contributed by atoms with E-state index in [1.54, 1.807) is 11.3 Å². The number of Topliss-reactive ketones (excluding diaryl/α,β-unsaturated/α-hetero) is 1. The number of thiophene rings is 1. The molecule has 134 valence electrons. The first-order valence-corrected chi connectivity index (χ1v) is 10.7. The summed E-state index contributed by atoms with van der Waals surface area (Å²) < 4.78 is 0.